The molecule has 0 aromatic carbocycles. The van der Waals surface area contributed by atoms with Crippen LogP contribution in [0.1, 0.15) is 42.5 Å². The Labute approximate surface area is 141 Å². The molecule has 3 fully saturated rings. The second-order valence-electron chi connectivity index (χ2n) is 6.95. The van der Waals surface area contributed by atoms with Gasteiger partial charge in [0, 0.05) is 37.6 Å². The van der Waals surface area contributed by atoms with Crippen molar-refractivity contribution in [2.45, 2.75) is 50.3 Å². The number of morpholine rings is 1. The van der Waals surface area contributed by atoms with Crippen molar-refractivity contribution < 1.29 is 14.6 Å². The molecule has 1 amide bonds. The van der Waals surface area contributed by atoms with Crippen LogP contribution in [0.25, 0.3) is 0 Å². The zero-order valence-corrected chi connectivity index (χ0v) is 13.8. The van der Waals surface area contributed by atoms with Crippen LogP contribution in [-0.2, 0) is 4.74 Å². The predicted octanol–water partition coefficient (Wildman–Crippen LogP) is 0.831. The van der Waals surface area contributed by atoms with E-state index in [4.69, 9.17) is 4.74 Å². The number of rotatable bonds is 2. The van der Waals surface area contributed by atoms with E-state index >= 15 is 0 Å². The van der Waals surface area contributed by atoms with Crippen molar-refractivity contribution >= 4 is 11.9 Å². The highest BCUT2D eigenvalue weighted by atomic mass is 16.5. The van der Waals surface area contributed by atoms with Crippen molar-refractivity contribution in [1.29, 1.82) is 0 Å². The summed E-state index contributed by atoms with van der Waals surface area (Å²) in [5, 5.41) is 9.99. The summed E-state index contributed by atoms with van der Waals surface area (Å²) in [5.74, 6) is 0.661. The van der Waals surface area contributed by atoms with E-state index in [0.29, 0.717) is 37.6 Å². The number of anilines is 1. The minimum atomic E-state index is -0.274. The van der Waals surface area contributed by atoms with Crippen LogP contribution >= 0.6 is 0 Å². The number of nitrogens with zero attached hydrogens (tertiary/aromatic N) is 4. The van der Waals surface area contributed by atoms with E-state index in [1.807, 2.05) is 4.90 Å². The Balaban J connectivity index is 1.50. The number of aromatic nitrogens is 2. The summed E-state index contributed by atoms with van der Waals surface area (Å²) in [4.78, 5) is 25.8. The van der Waals surface area contributed by atoms with Crippen molar-refractivity contribution in [2.24, 2.45) is 0 Å². The van der Waals surface area contributed by atoms with Gasteiger partial charge in [0.05, 0.1) is 24.9 Å². The number of ether oxygens (including phenoxy) is 1. The molecule has 1 aromatic heterocycles. The maximum absolute atomic E-state index is 12.9. The molecule has 3 aliphatic rings. The molecule has 4 heterocycles. The fourth-order valence-electron chi connectivity index (χ4n) is 4.19. The molecule has 2 bridgehead atoms. The predicted molar refractivity (Wildman–Crippen MR) is 87.9 cm³/mol. The van der Waals surface area contributed by atoms with Gasteiger partial charge in [-0.15, -0.1) is 0 Å². The Bertz CT molecular complexity index is 574. The van der Waals surface area contributed by atoms with E-state index in [1.165, 1.54) is 0 Å². The number of aliphatic hydroxyl groups is 1. The first-order valence-electron chi connectivity index (χ1n) is 8.88. The molecule has 130 valence electrons. The summed E-state index contributed by atoms with van der Waals surface area (Å²) in [7, 11) is 0. The van der Waals surface area contributed by atoms with Crippen molar-refractivity contribution in [2.75, 3.05) is 31.2 Å². The van der Waals surface area contributed by atoms with E-state index in [0.717, 1.165) is 32.4 Å². The number of carbonyl (C=O) groups is 1. The lowest BCUT2D eigenvalue weighted by atomic mass is 9.82. The molecule has 7 heteroatoms. The molecule has 0 aliphatic carbocycles. The molecule has 0 spiro atoms. The van der Waals surface area contributed by atoms with Gasteiger partial charge in [-0.1, -0.05) is 0 Å². The van der Waals surface area contributed by atoms with Gasteiger partial charge in [-0.05, 0) is 32.1 Å². The van der Waals surface area contributed by atoms with Gasteiger partial charge in [-0.25, -0.2) is 9.97 Å². The van der Waals surface area contributed by atoms with Gasteiger partial charge in [-0.2, -0.15) is 0 Å². The molecule has 0 saturated carbocycles. The lowest BCUT2D eigenvalue weighted by molar-refractivity contribution is -0.0151. The van der Waals surface area contributed by atoms with E-state index in [2.05, 4.69) is 14.9 Å². The Morgan fingerprint density at radius 2 is 1.75 bits per heavy atom. The molecule has 1 N–H and O–H groups in total. The summed E-state index contributed by atoms with van der Waals surface area (Å²) >= 11 is 0. The Hall–Kier alpha value is -1.73. The number of piperidine rings is 2. The second-order valence-corrected chi connectivity index (χ2v) is 6.95. The van der Waals surface area contributed by atoms with Crippen LogP contribution in [-0.4, -0.2) is 70.4 Å². The van der Waals surface area contributed by atoms with Crippen molar-refractivity contribution in [3.05, 3.63) is 18.0 Å². The third-order valence-corrected chi connectivity index (χ3v) is 5.36. The normalized spacial score (nSPS) is 30.3. The van der Waals surface area contributed by atoms with Crippen molar-refractivity contribution in [1.82, 2.24) is 14.9 Å². The van der Waals surface area contributed by atoms with Crippen LogP contribution in [0.4, 0.5) is 5.95 Å². The van der Waals surface area contributed by atoms with E-state index in [1.54, 1.807) is 12.4 Å². The van der Waals surface area contributed by atoms with Crippen LogP contribution < -0.4 is 4.90 Å². The summed E-state index contributed by atoms with van der Waals surface area (Å²) in [6.45, 7) is 2.93. The number of fused-ring (bicyclic) bond motifs is 2. The van der Waals surface area contributed by atoms with Crippen LogP contribution in [0, 0.1) is 0 Å². The van der Waals surface area contributed by atoms with Gasteiger partial charge in [0.1, 0.15) is 0 Å². The van der Waals surface area contributed by atoms with Crippen LogP contribution in [0.2, 0.25) is 0 Å². The highest BCUT2D eigenvalue weighted by molar-refractivity contribution is 5.94. The topological polar surface area (TPSA) is 78.8 Å². The van der Waals surface area contributed by atoms with Crippen LogP contribution in [0.5, 0.6) is 0 Å². The zero-order chi connectivity index (χ0) is 16.5. The maximum Gasteiger partial charge on any atom is 0.257 e. The summed E-state index contributed by atoms with van der Waals surface area (Å²) in [6, 6.07) is 0.304. The minimum absolute atomic E-state index is 0.00475. The maximum atomic E-state index is 12.9. The van der Waals surface area contributed by atoms with Gasteiger partial charge in [0.15, 0.2) is 0 Å². The van der Waals surface area contributed by atoms with E-state index < -0.39 is 0 Å². The van der Waals surface area contributed by atoms with Crippen molar-refractivity contribution in [3.63, 3.8) is 0 Å². The van der Waals surface area contributed by atoms with Crippen molar-refractivity contribution in [3.8, 4) is 0 Å². The third-order valence-electron chi connectivity index (χ3n) is 5.36. The molecule has 3 atom stereocenters. The standard InChI is InChI=1S/C17H24N4O3/c22-15-8-13-2-1-3-14(9-15)21(13)16(23)12-10-18-17(19-11-12)20-4-6-24-7-5-20/h10-11,13-15,22H,1-9H2/t13-,14+,15?. The number of hydrogen-bond acceptors (Lipinski definition) is 6. The van der Waals surface area contributed by atoms with Gasteiger partial charge < -0.3 is 19.6 Å². The fraction of sp³-hybridized carbons (Fsp3) is 0.706. The molecule has 3 aliphatic heterocycles. The SMILES string of the molecule is O=C(c1cnc(N2CCOCC2)nc1)N1[C@@H]2CCC[C@H]1CC(O)C2. The highest BCUT2D eigenvalue weighted by Gasteiger charge is 2.40. The van der Waals surface area contributed by atoms with Crippen LogP contribution in [0.3, 0.4) is 0 Å². The molecule has 4 rings (SSSR count). The molecule has 3 saturated heterocycles. The Morgan fingerprint density at radius 3 is 2.38 bits per heavy atom. The van der Waals surface area contributed by atoms with Gasteiger partial charge in [0.2, 0.25) is 5.95 Å². The number of amides is 1. The molecular weight excluding hydrogens is 308 g/mol. The van der Waals surface area contributed by atoms with Gasteiger partial charge >= 0.3 is 0 Å². The molecule has 0 radical (unpaired) electrons. The molecule has 7 nitrogen and oxygen atoms in total. The Morgan fingerprint density at radius 1 is 1.12 bits per heavy atom. The summed E-state index contributed by atoms with van der Waals surface area (Å²) in [5.41, 5.74) is 0.542. The molecule has 1 aromatic rings. The first-order valence-corrected chi connectivity index (χ1v) is 8.88. The van der Waals surface area contributed by atoms with Gasteiger partial charge in [0.25, 0.3) is 5.91 Å². The minimum Gasteiger partial charge on any atom is -0.393 e. The zero-order valence-electron chi connectivity index (χ0n) is 13.8. The molecular formula is C17H24N4O3. The van der Waals surface area contributed by atoms with Gasteiger partial charge in [-0.3, -0.25) is 4.79 Å². The summed E-state index contributed by atoms with van der Waals surface area (Å²) < 4.78 is 5.34. The fourth-order valence-corrected chi connectivity index (χ4v) is 4.19. The lowest BCUT2D eigenvalue weighted by Gasteiger charge is -2.47. The third kappa shape index (κ3) is 2.98. The first kappa shape index (κ1) is 15.8. The Kier molecular flexibility index (Phi) is 4.37. The molecule has 24 heavy (non-hydrogen) atoms. The second kappa shape index (κ2) is 6.64. The van der Waals surface area contributed by atoms with E-state index in [-0.39, 0.29) is 24.1 Å². The number of carbonyl (C=O) groups excluding carboxylic acids is 1. The number of hydrogen-bond donors (Lipinski definition) is 1. The lowest BCUT2D eigenvalue weighted by Crippen LogP contribution is -2.55. The average Bonchev–Trinajstić information content (AvgIpc) is 2.61. The average molecular weight is 332 g/mol. The quantitative estimate of drug-likeness (QED) is 0.864. The van der Waals surface area contributed by atoms with Crippen LogP contribution in [0.15, 0.2) is 12.4 Å². The highest BCUT2D eigenvalue weighted by Crippen LogP contribution is 2.35. The smallest absolute Gasteiger partial charge is 0.257 e. The van der Waals surface area contributed by atoms with E-state index in [9.17, 15) is 9.90 Å². The number of aliphatic hydroxyl groups excluding tert-OH is 1. The summed E-state index contributed by atoms with van der Waals surface area (Å²) in [6.07, 6.45) is 7.48. The molecule has 1 unspecified atom stereocenters. The first-order chi connectivity index (χ1) is 11.7. The monoisotopic (exact) mass is 332 g/mol. The largest absolute Gasteiger partial charge is 0.393 e.